The highest BCUT2D eigenvalue weighted by atomic mass is 79.9. The molecule has 0 bridgehead atoms. The summed E-state index contributed by atoms with van der Waals surface area (Å²) in [4.78, 5) is 12.7. The molecule has 1 aliphatic rings. The number of carboxylic acids is 1. The zero-order valence-electron chi connectivity index (χ0n) is 11.6. The zero-order valence-corrected chi connectivity index (χ0v) is 14.0. The Morgan fingerprint density at radius 3 is 2.43 bits per heavy atom. The van der Waals surface area contributed by atoms with Crippen LogP contribution in [0.4, 0.5) is 0 Å². The maximum atomic E-state index is 12.6. The van der Waals surface area contributed by atoms with Crippen molar-refractivity contribution in [1.29, 1.82) is 0 Å². The normalized spacial score (nSPS) is 17.8. The Hall–Kier alpha value is -0.960. The third kappa shape index (κ3) is 3.82. The quantitative estimate of drug-likeness (QED) is 0.852. The van der Waals surface area contributed by atoms with Crippen molar-refractivity contribution in [3.63, 3.8) is 0 Å². The van der Waals surface area contributed by atoms with E-state index in [4.69, 9.17) is 5.11 Å². The predicted octanol–water partition coefficient (Wildman–Crippen LogP) is 1.15. The standard InChI is InChI=1S/C13H17BrN2O4S/c1-10-8-11(2-3-12(10)14)21(19,20)16-6-4-15(5-7-16)9-13(17)18/h2-3,8H,4-7,9H2,1H3,(H,17,18). The van der Waals surface area contributed by atoms with Crippen molar-refractivity contribution in [1.82, 2.24) is 9.21 Å². The van der Waals surface area contributed by atoms with Crippen molar-refractivity contribution in [2.45, 2.75) is 11.8 Å². The Labute approximate surface area is 132 Å². The molecule has 0 spiro atoms. The number of carboxylic acid groups (broad SMARTS) is 1. The van der Waals surface area contributed by atoms with Gasteiger partial charge in [-0.05, 0) is 30.7 Å². The molecule has 6 nitrogen and oxygen atoms in total. The minimum Gasteiger partial charge on any atom is -0.480 e. The first kappa shape index (κ1) is 16.4. The molecule has 1 fully saturated rings. The molecule has 0 radical (unpaired) electrons. The number of piperazine rings is 1. The fourth-order valence-corrected chi connectivity index (χ4v) is 4.00. The Morgan fingerprint density at radius 2 is 1.90 bits per heavy atom. The van der Waals surface area contributed by atoms with Gasteiger partial charge >= 0.3 is 5.97 Å². The topological polar surface area (TPSA) is 77.9 Å². The van der Waals surface area contributed by atoms with Gasteiger partial charge in [-0.2, -0.15) is 4.31 Å². The molecule has 0 atom stereocenters. The number of aryl methyl sites for hydroxylation is 1. The summed E-state index contributed by atoms with van der Waals surface area (Å²) >= 11 is 3.35. The Bertz CT molecular complexity index is 640. The molecule has 0 unspecified atom stereocenters. The van der Waals surface area contributed by atoms with Gasteiger partial charge in [0.15, 0.2) is 0 Å². The molecule has 116 valence electrons. The van der Waals surface area contributed by atoms with Gasteiger partial charge in [0.1, 0.15) is 0 Å². The van der Waals surface area contributed by atoms with Crippen LogP contribution >= 0.6 is 15.9 Å². The molecule has 0 amide bonds. The summed E-state index contributed by atoms with van der Waals surface area (Å²) in [6.45, 7) is 3.27. The van der Waals surface area contributed by atoms with Gasteiger partial charge in [0.05, 0.1) is 11.4 Å². The second-order valence-corrected chi connectivity index (χ2v) is 7.78. The molecule has 8 heteroatoms. The first-order valence-corrected chi connectivity index (χ1v) is 8.74. The fourth-order valence-electron chi connectivity index (χ4n) is 2.25. The fraction of sp³-hybridized carbons (Fsp3) is 0.462. The Balaban J connectivity index is 2.11. The minimum absolute atomic E-state index is 0.0503. The van der Waals surface area contributed by atoms with Crippen molar-refractivity contribution >= 4 is 31.9 Å². The lowest BCUT2D eigenvalue weighted by Gasteiger charge is -2.33. The highest BCUT2D eigenvalue weighted by Gasteiger charge is 2.29. The van der Waals surface area contributed by atoms with Gasteiger partial charge in [-0.1, -0.05) is 15.9 Å². The second-order valence-electron chi connectivity index (χ2n) is 4.98. The number of rotatable bonds is 4. The zero-order chi connectivity index (χ0) is 15.6. The summed E-state index contributed by atoms with van der Waals surface area (Å²) in [5.74, 6) is -0.894. The van der Waals surface area contributed by atoms with E-state index >= 15 is 0 Å². The van der Waals surface area contributed by atoms with Gasteiger partial charge in [-0.3, -0.25) is 9.69 Å². The third-order valence-electron chi connectivity index (χ3n) is 3.46. The average Bonchev–Trinajstić information content (AvgIpc) is 2.41. The predicted molar refractivity (Wildman–Crippen MR) is 81.7 cm³/mol. The first-order chi connectivity index (χ1) is 9.80. The molecule has 1 saturated heterocycles. The summed E-state index contributed by atoms with van der Waals surface area (Å²) in [7, 11) is -3.51. The van der Waals surface area contributed by atoms with Gasteiger partial charge < -0.3 is 5.11 Å². The SMILES string of the molecule is Cc1cc(S(=O)(=O)N2CCN(CC(=O)O)CC2)ccc1Br. The Kier molecular flexibility index (Phi) is 5.03. The highest BCUT2D eigenvalue weighted by molar-refractivity contribution is 9.10. The third-order valence-corrected chi connectivity index (χ3v) is 6.24. The number of carbonyl (C=O) groups is 1. The lowest BCUT2D eigenvalue weighted by molar-refractivity contribution is -0.138. The van der Waals surface area contributed by atoms with Crippen LogP contribution in [0.3, 0.4) is 0 Å². The van der Waals surface area contributed by atoms with Crippen molar-refractivity contribution < 1.29 is 18.3 Å². The van der Waals surface area contributed by atoms with E-state index in [2.05, 4.69) is 15.9 Å². The smallest absolute Gasteiger partial charge is 0.317 e. The monoisotopic (exact) mass is 376 g/mol. The number of hydrogen-bond donors (Lipinski definition) is 1. The molecule has 1 N–H and O–H groups in total. The van der Waals surface area contributed by atoms with Crippen LogP contribution in [-0.2, 0) is 14.8 Å². The van der Waals surface area contributed by atoms with Crippen LogP contribution in [0.25, 0.3) is 0 Å². The number of halogens is 1. The minimum atomic E-state index is -3.51. The highest BCUT2D eigenvalue weighted by Crippen LogP contribution is 2.23. The van der Waals surface area contributed by atoms with Gasteiger partial charge in [-0.15, -0.1) is 0 Å². The molecule has 0 aliphatic carbocycles. The van der Waals surface area contributed by atoms with Crippen LogP contribution in [-0.4, -0.2) is 61.4 Å². The van der Waals surface area contributed by atoms with Crippen molar-refractivity contribution in [3.05, 3.63) is 28.2 Å². The molecule has 21 heavy (non-hydrogen) atoms. The van der Waals surface area contributed by atoms with E-state index < -0.39 is 16.0 Å². The molecule has 1 aliphatic heterocycles. The van der Waals surface area contributed by atoms with Gasteiger partial charge in [0.2, 0.25) is 10.0 Å². The van der Waals surface area contributed by atoms with E-state index in [1.807, 2.05) is 6.92 Å². The van der Waals surface area contributed by atoms with Crippen molar-refractivity contribution in [2.24, 2.45) is 0 Å². The van der Waals surface area contributed by atoms with Crippen LogP contribution in [0.2, 0.25) is 0 Å². The molecule has 1 aromatic rings. The van der Waals surface area contributed by atoms with E-state index in [1.54, 1.807) is 23.1 Å². The molecule has 0 saturated carbocycles. The van der Waals surface area contributed by atoms with E-state index in [9.17, 15) is 13.2 Å². The molecule has 2 rings (SSSR count). The van der Waals surface area contributed by atoms with Gasteiger partial charge in [-0.25, -0.2) is 8.42 Å². The number of aliphatic carboxylic acids is 1. The lowest BCUT2D eigenvalue weighted by Crippen LogP contribution is -2.49. The van der Waals surface area contributed by atoms with Crippen molar-refractivity contribution in [3.8, 4) is 0 Å². The number of nitrogens with zero attached hydrogens (tertiary/aromatic N) is 2. The molecule has 0 aromatic heterocycles. The summed E-state index contributed by atoms with van der Waals surface area (Å²) in [6.07, 6.45) is 0. The van der Waals surface area contributed by atoms with Crippen molar-refractivity contribution in [2.75, 3.05) is 32.7 Å². The number of benzene rings is 1. The summed E-state index contributed by atoms with van der Waals surface area (Å²) in [5.41, 5.74) is 0.862. The number of sulfonamides is 1. The van der Waals surface area contributed by atoms with E-state index in [-0.39, 0.29) is 11.4 Å². The van der Waals surface area contributed by atoms with Crippen LogP contribution in [0.15, 0.2) is 27.6 Å². The molecule has 1 heterocycles. The average molecular weight is 377 g/mol. The van der Waals surface area contributed by atoms with Crippen LogP contribution < -0.4 is 0 Å². The van der Waals surface area contributed by atoms with Crippen LogP contribution in [0.5, 0.6) is 0 Å². The lowest BCUT2D eigenvalue weighted by atomic mass is 10.2. The number of hydrogen-bond acceptors (Lipinski definition) is 4. The maximum absolute atomic E-state index is 12.6. The van der Waals surface area contributed by atoms with Crippen LogP contribution in [0.1, 0.15) is 5.56 Å². The summed E-state index contributed by atoms with van der Waals surface area (Å²) in [6, 6.07) is 4.95. The molecular formula is C13H17BrN2O4S. The van der Waals surface area contributed by atoms with Gasteiger partial charge in [0.25, 0.3) is 0 Å². The molecular weight excluding hydrogens is 360 g/mol. The van der Waals surface area contributed by atoms with E-state index in [0.717, 1.165) is 10.0 Å². The maximum Gasteiger partial charge on any atom is 0.317 e. The Morgan fingerprint density at radius 1 is 1.29 bits per heavy atom. The summed E-state index contributed by atoms with van der Waals surface area (Å²) < 4.78 is 27.4. The molecule has 1 aromatic carbocycles. The van der Waals surface area contributed by atoms with E-state index in [0.29, 0.717) is 26.2 Å². The van der Waals surface area contributed by atoms with Gasteiger partial charge in [0, 0.05) is 30.7 Å². The summed E-state index contributed by atoms with van der Waals surface area (Å²) in [5, 5.41) is 8.75. The van der Waals surface area contributed by atoms with E-state index in [1.165, 1.54) is 4.31 Å². The van der Waals surface area contributed by atoms with Crippen LogP contribution in [0, 0.1) is 6.92 Å². The largest absolute Gasteiger partial charge is 0.480 e. The first-order valence-electron chi connectivity index (χ1n) is 6.51. The second kappa shape index (κ2) is 6.43.